The van der Waals surface area contributed by atoms with Gasteiger partial charge in [-0.15, -0.1) is 0 Å². The number of carbonyl (C=O) groups is 1. The zero-order chi connectivity index (χ0) is 13.9. The molecule has 1 unspecified atom stereocenters. The maximum absolute atomic E-state index is 12.1. The molecule has 0 saturated carbocycles. The van der Waals surface area contributed by atoms with Crippen molar-refractivity contribution in [3.8, 4) is 0 Å². The fourth-order valence-corrected chi connectivity index (χ4v) is 2.61. The maximum atomic E-state index is 12.1. The van der Waals surface area contributed by atoms with Crippen molar-refractivity contribution >= 4 is 28.4 Å². The van der Waals surface area contributed by atoms with Crippen LogP contribution in [0.15, 0.2) is 30.3 Å². The normalized spacial score (nSPS) is 18.4. The standard InChI is InChI=1S/C15H15ClN2O2/c16-12-8-14(18-13-6-2-1-5-11(12)13)15(19)17-9-10-4-3-7-20-10/h1-2,5-6,8,10H,3-4,7,9H2,(H,17,19). The Bertz CT molecular complexity index is 639. The molecule has 1 aromatic carbocycles. The summed E-state index contributed by atoms with van der Waals surface area (Å²) in [5.74, 6) is -0.215. The molecule has 1 aliphatic rings. The van der Waals surface area contributed by atoms with Crippen molar-refractivity contribution in [2.24, 2.45) is 0 Å². The first-order valence-electron chi connectivity index (χ1n) is 6.69. The van der Waals surface area contributed by atoms with Gasteiger partial charge in [-0.25, -0.2) is 4.98 Å². The fraction of sp³-hybridized carbons (Fsp3) is 0.333. The second-order valence-electron chi connectivity index (χ2n) is 4.85. The van der Waals surface area contributed by atoms with E-state index in [0.717, 1.165) is 30.4 Å². The lowest BCUT2D eigenvalue weighted by atomic mass is 10.2. The van der Waals surface area contributed by atoms with E-state index >= 15 is 0 Å². The molecule has 1 atom stereocenters. The number of carbonyl (C=O) groups excluding carboxylic acids is 1. The van der Waals surface area contributed by atoms with E-state index in [-0.39, 0.29) is 12.0 Å². The lowest BCUT2D eigenvalue weighted by Crippen LogP contribution is -2.32. The molecule has 0 spiro atoms. The van der Waals surface area contributed by atoms with Crippen LogP contribution in [0.1, 0.15) is 23.3 Å². The molecule has 1 saturated heterocycles. The maximum Gasteiger partial charge on any atom is 0.270 e. The molecule has 3 rings (SSSR count). The molecule has 104 valence electrons. The zero-order valence-corrected chi connectivity index (χ0v) is 11.7. The number of nitrogens with zero attached hydrogens (tertiary/aromatic N) is 1. The largest absolute Gasteiger partial charge is 0.376 e. The van der Waals surface area contributed by atoms with E-state index in [2.05, 4.69) is 10.3 Å². The van der Waals surface area contributed by atoms with Crippen LogP contribution in [0.4, 0.5) is 0 Å². The first-order chi connectivity index (χ1) is 9.74. The summed E-state index contributed by atoms with van der Waals surface area (Å²) in [6.45, 7) is 1.30. The predicted octanol–water partition coefficient (Wildman–Crippen LogP) is 2.80. The second kappa shape index (κ2) is 5.77. The van der Waals surface area contributed by atoms with E-state index < -0.39 is 0 Å². The molecule has 1 aliphatic heterocycles. The van der Waals surface area contributed by atoms with Crippen molar-refractivity contribution in [2.75, 3.05) is 13.2 Å². The highest BCUT2D eigenvalue weighted by molar-refractivity contribution is 6.35. The Morgan fingerprint density at radius 1 is 1.45 bits per heavy atom. The van der Waals surface area contributed by atoms with Gasteiger partial charge in [0.25, 0.3) is 5.91 Å². The summed E-state index contributed by atoms with van der Waals surface area (Å²) in [6, 6.07) is 9.11. The summed E-state index contributed by atoms with van der Waals surface area (Å²) < 4.78 is 5.47. The fourth-order valence-electron chi connectivity index (χ4n) is 2.35. The topological polar surface area (TPSA) is 51.2 Å². The van der Waals surface area contributed by atoms with Gasteiger partial charge in [0.05, 0.1) is 16.6 Å². The Kier molecular flexibility index (Phi) is 3.85. The smallest absolute Gasteiger partial charge is 0.270 e. The van der Waals surface area contributed by atoms with E-state index in [1.54, 1.807) is 6.07 Å². The summed E-state index contributed by atoms with van der Waals surface area (Å²) in [5, 5.41) is 4.24. The van der Waals surface area contributed by atoms with Crippen LogP contribution < -0.4 is 5.32 Å². The van der Waals surface area contributed by atoms with Crippen LogP contribution in [0, 0.1) is 0 Å². The molecule has 0 bridgehead atoms. The number of hydrogen-bond donors (Lipinski definition) is 1. The van der Waals surface area contributed by atoms with Crippen LogP contribution in [-0.2, 0) is 4.74 Å². The highest BCUT2D eigenvalue weighted by Gasteiger charge is 2.17. The van der Waals surface area contributed by atoms with Gasteiger partial charge in [-0.2, -0.15) is 0 Å². The third-order valence-electron chi connectivity index (χ3n) is 3.41. The van der Waals surface area contributed by atoms with Gasteiger partial charge in [0.2, 0.25) is 0 Å². The monoisotopic (exact) mass is 290 g/mol. The quantitative estimate of drug-likeness (QED) is 0.946. The van der Waals surface area contributed by atoms with Crippen molar-refractivity contribution in [2.45, 2.75) is 18.9 Å². The highest BCUT2D eigenvalue weighted by Crippen LogP contribution is 2.22. The SMILES string of the molecule is O=C(NCC1CCCO1)c1cc(Cl)c2ccccc2n1. The Labute approximate surface area is 122 Å². The molecule has 20 heavy (non-hydrogen) atoms. The highest BCUT2D eigenvalue weighted by atomic mass is 35.5. The number of para-hydroxylation sites is 1. The summed E-state index contributed by atoms with van der Waals surface area (Å²) in [7, 11) is 0. The van der Waals surface area contributed by atoms with Crippen LogP contribution in [0.25, 0.3) is 10.9 Å². The van der Waals surface area contributed by atoms with Crippen LogP contribution in [0.5, 0.6) is 0 Å². The third kappa shape index (κ3) is 2.76. The molecule has 2 heterocycles. The van der Waals surface area contributed by atoms with Crippen LogP contribution in [0.3, 0.4) is 0 Å². The Hall–Kier alpha value is -1.65. The molecule has 0 aliphatic carbocycles. The number of fused-ring (bicyclic) bond motifs is 1. The van der Waals surface area contributed by atoms with Gasteiger partial charge in [-0.1, -0.05) is 29.8 Å². The number of aromatic nitrogens is 1. The van der Waals surface area contributed by atoms with Crippen molar-refractivity contribution < 1.29 is 9.53 Å². The van der Waals surface area contributed by atoms with Gasteiger partial charge in [0, 0.05) is 18.5 Å². The van der Waals surface area contributed by atoms with Gasteiger partial charge < -0.3 is 10.1 Å². The van der Waals surface area contributed by atoms with Crippen molar-refractivity contribution in [1.29, 1.82) is 0 Å². The average molecular weight is 291 g/mol. The summed E-state index contributed by atoms with van der Waals surface area (Å²) in [5.41, 5.74) is 1.06. The number of benzene rings is 1. The lowest BCUT2D eigenvalue weighted by Gasteiger charge is -2.11. The van der Waals surface area contributed by atoms with Crippen LogP contribution in [0.2, 0.25) is 5.02 Å². The van der Waals surface area contributed by atoms with E-state index in [9.17, 15) is 4.79 Å². The van der Waals surface area contributed by atoms with Gasteiger partial charge in [-0.3, -0.25) is 4.79 Å². The number of halogens is 1. The molecule has 4 nitrogen and oxygen atoms in total. The van der Waals surface area contributed by atoms with Crippen LogP contribution >= 0.6 is 11.6 Å². The van der Waals surface area contributed by atoms with Gasteiger partial charge in [0.1, 0.15) is 5.69 Å². The lowest BCUT2D eigenvalue weighted by molar-refractivity contribution is 0.0854. The number of hydrogen-bond acceptors (Lipinski definition) is 3. The molecular formula is C15H15ClN2O2. The van der Waals surface area contributed by atoms with Gasteiger partial charge in [0.15, 0.2) is 0 Å². The molecule has 1 amide bonds. The van der Waals surface area contributed by atoms with E-state index in [4.69, 9.17) is 16.3 Å². The van der Waals surface area contributed by atoms with E-state index in [1.165, 1.54) is 0 Å². The first-order valence-corrected chi connectivity index (χ1v) is 7.07. The molecular weight excluding hydrogens is 276 g/mol. The third-order valence-corrected chi connectivity index (χ3v) is 3.73. The minimum atomic E-state index is -0.215. The Morgan fingerprint density at radius 3 is 3.10 bits per heavy atom. The summed E-state index contributed by atoms with van der Waals surface area (Å²) >= 11 is 6.19. The summed E-state index contributed by atoms with van der Waals surface area (Å²) in [4.78, 5) is 16.5. The predicted molar refractivity (Wildman–Crippen MR) is 78.1 cm³/mol. The number of pyridine rings is 1. The molecule has 2 aromatic rings. The number of amides is 1. The molecule has 1 N–H and O–H groups in total. The minimum absolute atomic E-state index is 0.120. The molecule has 5 heteroatoms. The van der Waals surface area contributed by atoms with Crippen molar-refractivity contribution in [1.82, 2.24) is 10.3 Å². The van der Waals surface area contributed by atoms with Gasteiger partial charge >= 0.3 is 0 Å². The second-order valence-corrected chi connectivity index (χ2v) is 5.26. The number of ether oxygens (including phenoxy) is 1. The Balaban J connectivity index is 1.77. The van der Waals surface area contributed by atoms with Crippen LogP contribution in [-0.4, -0.2) is 30.1 Å². The molecule has 1 fully saturated rings. The van der Waals surface area contributed by atoms with Gasteiger partial charge in [-0.05, 0) is 25.0 Å². The first kappa shape index (κ1) is 13.3. The number of rotatable bonds is 3. The number of nitrogens with one attached hydrogen (secondary N) is 1. The van der Waals surface area contributed by atoms with Crippen molar-refractivity contribution in [3.63, 3.8) is 0 Å². The molecule has 0 radical (unpaired) electrons. The van der Waals surface area contributed by atoms with E-state index in [0.29, 0.717) is 17.3 Å². The summed E-state index contributed by atoms with van der Waals surface area (Å²) in [6.07, 6.45) is 2.17. The van der Waals surface area contributed by atoms with E-state index in [1.807, 2.05) is 24.3 Å². The minimum Gasteiger partial charge on any atom is -0.376 e. The Morgan fingerprint density at radius 2 is 2.30 bits per heavy atom. The zero-order valence-electron chi connectivity index (χ0n) is 10.9. The van der Waals surface area contributed by atoms with Crippen molar-refractivity contribution in [3.05, 3.63) is 41.0 Å². The molecule has 1 aromatic heterocycles. The average Bonchev–Trinajstić information content (AvgIpc) is 2.98.